The predicted molar refractivity (Wildman–Crippen MR) is 66.2 cm³/mol. The summed E-state index contributed by atoms with van der Waals surface area (Å²) in [6.07, 6.45) is 0. The summed E-state index contributed by atoms with van der Waals surface area (Å²) in [5.74, 6) is 0.153. The summed E-state index contributed by atoms with van der Waals surface area (Å²) in [7, 11) is 1.84. The number of hydrogen-bond acceptors (Lipinski definition) is 3. The molecule has 0 saturated heterocycles. The van der Waals surface area contributed by atoms with Crippen molar-refractivity contribution in [2.45, 2.75) is 6.54 Å². The molecule has 0 amide bonds. The van der Waals surface area contributed by atoms with Gasteiger partial charge in [-0.25, -0.2) is 0 Å². The first-order chi connectivity index (χ1) is 7.54. The molecule has 88 valence electrons. The van der Waals surface area contributed by atoms with E-state index in [4.69, 9.17) is 34.1 Å². The van der Waals surface area contributed by atoms with E-state index in [1.54, 1.807) is 6.07 Å². The van der Waals surface area contributed by atoms with Gasteiger partial charge in [-0.15, -0.1) is 0 Å². The average Bonchev–Trinajstić information content (AvgIpc) is 2.24. The number of rotatable bonds is 4. The average molecular weight is 262 g/mol. The van der Waals surface area contributed by atoms with Gasteiger partial charge >= 0.3 is 0 Å². The van der Waals surface area contributed by atoms with Crippen LogP contribution in [0.1, 0.15) is 5.56 Å². The highest BCUT2D eigenvalue weighted by atomic mass is 35.5. The quantitative estimate of drug-likeness (QED) is 0.378. The highest BCUT2D eigenvalue weighted by Gasteiger charge is 2.08. The highest BCUT2D eigenvalue weighted by molar-refractivity contribution is 6.42. The number of hydrogen-bond donors (Lipinski definition) is 2. The second-order valence-electron chi connectivity index (χ2n) is 3.48. The molecule has 0 aliphatic carbocycles. The summed E-state index contributed by atoms with van der Waals surface area (Å²) in [5.41, 5.74) is 6.30. The largest absolute Gasteiger partial charge is 0.409 e. The number of nitrogens with two attached hydrogens (primary N) is 1. The van der Waals surface area contributed by atoms with Crippen LogP contribution < -0.4 is 5.73 Å². The van der Waals surface area contributed by atoms with Gasteiger partial charge in [-0.05, 0) is 18.7 Å². The standard InChI is InChI=1S/C10H13Cl2N3O/c1-15(6-9(13)14-16)5-7-3-2-4-8(11)10(7)12/h2-4,16H,5-6H2,1H3,(H2,13,14). The van der Waals surface area contributed by atoms with E-state index in [0.717, 1.165) is 5.56 Å². The molecule has 0 spiro atoms. The molecule has 0 unspecified atom stereocenters. The normalized spacial score (nSPS) is 12.1. The van der Waals surface area contributed by atoms with Crippen LogP contribution in [0.15, 0.2) is 23.4 Å². The van der Waals surface area contributed by atoms with Crippen molar-refractivity contribution in [3.8, 4) is 0 Å². The molecule has 1 aromatic rings. The van der Waals surface area contributed by atoms with Crippen molar-refractivity contribution < 1.29 is 5.21 Å². The maximum Gasteiger partial charge on any atom is 0.153 e. The summed E-state index contributed by atoms with van der Waals surface area (Å²) in [6, 6.07) is 5.45. The first kappa shape index (κ1) is 13.1. The Bertz CT molecular complexity index is 396. The monoisotopic (exact) mass is 261 g/mol. The molecule has 6 heteroatoms. The summed E-state index contributed by atoms with van der Waals surface area (Å²) in [4.78, 5) is 1.87. The summed E-state index contributed by atoms with van der Waals surface area (Å²) >= 11 is 11.9. The number of likely N-dealkylation sites (N-methyl/N-ethyl adjacent to an activating group) is 1. The van der Waals surface area contributed by atoms with Gasteiger partial charge in [0.2, 0.25) is 0 Å². The fourth-order valence-electron chi connectivity index (χ4n) is 1.33. The number of amidine groups is 1. The Labute approximate surface area is 104 Å². The Morgan fingerprint density at radius 2 is 2.19 bits per heavy atom. The van der Waals surface area contributed by atoms with Crippen LogP contribution >= 0.6 is 23.2 Å². The Kier molecular flexibility index (Phi) is 4.86. The van der Waals surface area contributed by atoms with E-state index in [2.05, 4.69) is 5.16 Å². The zero-order chi connectivity index (χ0) is 12.1. The van der Waals surface area contributed by atoms with Crippen LogP contribution in [0.25, 0.3) is 0 Å². The molecule has 0 aromatic heterocycles. The van der Waals surface area contributed by atoms with Gasteiger partial charge in [0.1, 0.15) is 0 Å². The lowest BCUT2D eigenvalue weighted by Gasteiger charge is -2.16. The van der Waals surface area contributed by atoms with Crippen molar-refractivity contribution in [3.63, 3.8) is 0 Å². The molecule has 0 saturated carbocycles. The second kappa shape index (κ2) is 5.94. The Hall–Kier alpha value is -0.970. The van der Waals surface area contributed by atoms with Crippen molar-refractivity contribution in [3.05, 3.63) is 33.8 Å². The van der Waals surface area contributed by atoms with Crippen LogP contribution in [0.4, 0.5) is 0 Å². The third-order valence-electron chi connectivity index (χ3n) is 2.03. The lowest BCUT2D eigenvalue weighted by Crippen LogP contribution is -2.30. The number of oxime groups is 1. The van der Waals surface area contributed by atoms with E-state index in [-0.39, 0.29) is 5.84 Å². The Balaban J connectivity index is 2.70. The molecule has 16 heavy (non-hydrogen) atoms. The van der Waals surface area contributed by atoms with Gasteiger partial charge in [-0.1, -0.05) is 40.5 Å². The summed E-state index contributed by atoms with van der Waals surface area (Å²) < 4.78 is 0. The topological polar surface area (TPSA) is 61.8 Å². The fourth-order valence-corrected chi connectivity index (χ4v) is 1.71. The molecule has 3 N–H and O–H groups in total. The lowest BCUT2D eigenvalue weighted by molar-refractivity contribution is 0.308. The van der Waals surface area contributed by atoms with Crippen LogP contribution in [-0.4, -0.2) is 29.5 Å². The SMILES string of the molecule is CN(C/C(N)=N/O)Cc1cccc(Cl)c1Cl. The van der Waals surface area contributed by atoms with Crippen molar-refractivity contribution in [2.24, 2.45) is 10.9 Å². The smallest absolute Gasteiger partial charge is 0.153 e. The summed E-state index contributed by atoms with van der Waals surface area (Å²) in [6.45, 7) is 0.939. The van der Waals surface area contributed by atoms with Gasteiger partial charge < -0.3 is 10.9 Å². The van der Waals surface area contributed by atoms with E-state index >= 15 is 0 Å². The minimum absolute atomic E-state index is 0.153. The van der Waals surface area contributed by atoms with Gasteiger partial charge in [0.25, 0.3) is 0 Å². The van der Waals surface area contributed by atoms with E-state index in [0.29, 0.717) is 23.1 Å². The number of halogens is 2. The maximum absolute atomic E-state index is 8.44. The molecule has 0 bridgehead atoms. The van der Waals surface area contributed by atoms with Gasteiger partial charge in [-0.3, -0.25) is 4.90 Å². The Morgan fingerprint density at radius 3 is 2.81 bits per heavy atom. The molecule has 0 heterocycles. The number of nitrogens with zero attached hydrogens (tertiary/aromatic N) is 2. The predicted octanol–water partition coefficient (Wildman–Crippen LogP) is 2.17. The van der Waals surface area contributed by atoms with Crippen LogP contribution in [0.5, 0.6) is 0 Å². The summed E-state index contributed by atoms with van der Waals surface area (Å²) in [5, 5.41) is 12.4. The minimum atomic E-state index is 0.153. The van der Waals surface area contributed by atoms with E-state index < -0.39 is 0 Å². The lowest BCUT2D eigenvalue weighted by atomic mass is 10.2. The van der Waals surface area contributed by atoms with E-state index in [1.807, 2.05) is 24.1 Å². The van der Waals surface area contributed by atoms with E-state index in [9.17, 15) is 0 Å². The minimum Gasteiger partial charge on any atom is -0.409 e. The maximum atomic E-state index is 8.44. The molecule has 0 radical (unpaired) electrons. The second-order valence-corrected chi connectivity index (χ2v) is 4.26. The molecular formula is C10H13Cl2N3O. The molecule has 1 aromatic carbocycles. The fraction of sp³-hybridized carbons (Fsp3) is 0.300. The molecule has 0 aliphatic heterocycles. The van der Waals surface area contributed by atoms with Crippen molar-refractivity contribution in [1.29, 1.82) is 0 Å². The van der Waals surface area contributed by atoms with Crippen LogP contribution in [-0.2, 0) is 6.54 Å². The molecule has 4 nitrogen and oxygen atoms in total. The molecule has 0 aliphatic rings. The van der Waals surface area contributed by atoms with Crippen LogP contribution in [0.3, 0.4) is 0 Å². The molecule has 0 fully saturated rings. The van der Waals surface area contributed by atoms with Gasteiger partial charge in [-0.2, -0.15) is 0 Å². The number of benzene rings is 1. The first-order valence-electron chi connectivity index (χ1n) is 4.62. The third kappa shape index (κ3) is 3.56. The highest BCUT2D eigenvalue weighted by Crippen LogP contribution is 2.26. The Morgan fingerprint density at radius 1 is 1.50 bits per heavy atom. The molecular weight excluding hydrogens is 249 g/mol. The van der Waals surface area contributed by atoms with Crippen molar-refractivity contribution in [1.82, 2.24) is 4.90 Å². The first-order valence-corrected chi connectivity index (χ1v) is 5.38. The zero-order valence-corrected chi connectivity index (χ0v) is 10.3. The van der Waals surface area contributed by atoms with E-state index in [1.165, 1.54) is 0 Å². The van der Waals surface area contributed by atoms with Crippen molar-refractivity contribution >= 4 is 29.0 Å². The molecule has 1 rings (SSSR count). The third-order valence-corrected chi connectivity index (χ3v) is 2.89. The van der Waals surface area contributed by atoms with Gasteiger partial charge in [0.15, 0.2) is 5.84 Å². The van der Waals surface area contributed by atoms with Gasteiger partial charge in [0.05, 0.1) is 16.6 Å². The van der Waals surface area contributed by atoms with Crippen LogP contribution in [0, 0.1) is 0 Å². The van der Waals surface area contributed by atoms with Gasteiger partial charge in [0, 0.05) is 6.54 Å². The van der Waals surface area contributed by atoms with Crippen molar-refractivity contribution in [2.75, 3.05) is 13.6 Å². The van der Waals surface area contributed by atoms with Crippen LogP contribution in [0.2, 0.25) is 10.0 Å². The molecule has 0 atom stereocenters. The zero-order valence-electron chi connectivity index (χ0n) is 8.82.